The first kappa shape index (κ1) is 25.3. The van der Waals surface area contributed by atoms with Crippen molar-refractivity contribution in [3.05, 3.63) is 96.1 Å². The van der Waals surface area contributed by atoms with Crippen molar-refractivity contribution in [3.63, 3.8) is 0 Å². The number of fused-ring (bicyclic) bond motifs is 7. The molecule has 200 valence electrons. The van der Waals surface area contributed by atoms with Crippen LogP contribution in [0.3, 0.4) is 0 Å². The SMILES string of the molecule is O=C(OCc1ccccc1)[C@@H]1[C@H]2C=CC(C2)[C@@H]1C(=O)OCc1ccccc1.O=C1OC(=O)[C@H]2[C@@H]1[C@H]1C=C[C@H]2C1. The number of esters is 4. The Balaban J connectivity index is 0.000000190. The first-order valence-electron chi connectivity index (χ1n) is 13.5. The predicted molar refractivity (Wildman–Crippen MR) is 139 cm³/mol. The van der Waals surface area contributed by atoms with Gasteiger partial charge in [-0.2, -0.15) is 0 Å². The van der Waals surface area contributed by atoms with E-state index >= 15 is 0 Å². The number of hydrogen-bond acceptors (Lipinski definition) is 7. The normalized spacial score (nSPS) is 32.4. The monoisotopic (exact) mass is 526 g/mol. The van der Waals surface area contributed by atoms with Crippen molar-refractivity contribution < 1.29 is 33.4 Å². The van der Waals surface area contributed by atoms with Gasteiger partial charge in [0, 0.05) is 0 Å². The first-order chi connectivity index (χ1) is 19.0. The lowest BCUT2D eigenvalue weighted by Gasteiger charge is -2.25. The lowest BCUT2D eigenvalue weighted by Crippen LogP contribution is -2.35. The van der Waals surface area contributed by atoms with E-state index in [0.29, 0.717) is 0 Å². The molecule has 0 N–H and O–H groups in total. The molecule has 0 spiro atoms. The van der Waals surface area contributed by atoms with Crippen LogP contribution in [0, 0.1) is 47.3 Å². The highest BCUT2D eigenvalue weighted by molar-refractivity contribution is 5.98. The van der Waals surface area contributed by atoms with E-state index in [1.165, 1.54) is 0 Å². The molecule has 1 unspecified atom stereocenters. The van der Waals surface area contributed by atoms with Crippen LogP contribution in [-0.4, -0.2) is 23.9 Å². The third-order valence-electron chi connectivity index (χ3n) is 8.66. The van der Waals surface area contributed by atoms with Crippen molar-refractivity contribution >= 4 is 23.9 Å². The third-order valence-corrected chi connectivity index (χ3v) is 8.66. The zero-order valence-corrected chi connectivity index (χ0v) is 21.4. The molecule has 1 heterocycles. The van der Waals surface area contributed by atoms with Gasteiger partial charge in [-0.1, -0.05) is 85.0 Å². The number of carbonyl (C=O) groups excluding carboxylic acids is 4. The Labute approximate surface area is 226 Å². The summed E-state index contributed by atoms with van der Waals surface area (Å²) in [7, 11) is 0. The molecule has 0 amide bonds. The largest absolute Gasteiger partial charge is 0.461 e. The molecule has 4 bridgehead atoms. The van der Waals surface area contributed by atoms with Gasteiger partial charge < -0.3 is 14.2 Å². The molecular weight excluding hydrogens is 496 g/mol. The molecule has 1 aliphatic heterocycles. The number of allylic oxidation sites excluding steroid dienone is 4. The fraction of sp³-hybridized carbons (Fsp3) is 0.375. The molecule has 39 heavy (non-hydrogen) atoms. The average molecular weight is 527 g/mol. The van der Waals surface area contributed by atoms with Crippen LogP contribution in [0.25, 0.3) is 0 Å². The van der Waals surface area contributed by atoms with Crippen molar-refractivity contribution in [2.45, 2.75) is 26.1 Å². The van der Waals surface area contributed by atoms with E-state index < -0.39 is 11.8 Å². The number of cyclic esters (lactones) is 2. The molecule has 7 nitrogen and oxygen atoms in total. The number of ether oxygens (including phenoxy) is 3. The minimum absolute atomic E-state index is 0.0625. The van der Waals surface area contributed by atoms with Crippen LogP contribution in [-0.2, 0) is 46.6 Å². The molecule has 1 saturated heterocycles. The van der Waals surface area contributed by atoms with Gasteiger partial charge in [0.1, 0.15) is 13.2 Å². The van der Waals surface area contributed by atoms with Crippen LogP contribution in [0.5, 0.6) is 0 Å². The van der Waals surface area contributed by atoms with Crippen LogP contribution in [0.1, 0.15) is 24.0 Å². The van der Waals surface area contributed by atoms with Crippen molar-refractivity contribution in [3.8, 4) is 0 Å². The van der Waals surface area contributed by atoms with Gasteiger partial charge in [-0.25, -0.2) is 0 Å². The molecule has 5 aliphatic rings. The van der Waals surface area contributed by atoms with Crippen LogP contribution in [0.2, 0.25) is 0 Å². The lowest BCUT2D eigenvalue weighted by molar-refractivity contribution is -0.162. The van der Waals surface area contributed by atoms with Gasteiger partial charge in [-0.15, -0.1) is 0 Å². The summed E-state index contributed by atoms with van der Waals surface area (Å²) in [6, 6.07) is 19.1. The van der Waals surface area contributed by atoms with Crippen LogP contribution in [0.4, 0.5) is 0 Å². The number of benzene rings is 2. The Hall–Kier alpha value is -4.00. The Kier molecular flexibility index (Phi) is 6.90. The highest BCUT2D eigenvalue weighted by Crippen LogP contribution is 2.52. The van der Waals surface area contributed by atoms with E-state index in [4.69, 9.17) is 9.47 Å². The molecule has 3 fully saturated rings. The average Bonchev–Trinajstić information content (AvgIpc) is 3.79. The van der Waals surface area contributed by atoms with Gasteiger partial charge in [0.2, 0.25) is 0 Å². The van der Waals surface area contributed by atoms with E-state index in [-0.39, 0.29) is 72.6 Å². The lowest BCUT2D eigenvalue weighted by atomic mass is 9.83. The molecule has 2 saturated carbocycles. The molecule has 7 rings (SSSR count). The summed E-state index contributed by atoms with van der Waals surface area (Å²) in [6.45, 7) is 0.451. The molecule has 2 aromatic rings. The quantitative estimate of drug-likeness (QED) is 0.238. The number of carbonyl (C=O) groups is 4. The second-order valence-electron chi connectivity index (χ2n) is 10.9. The smallest absolute Gasteiger partial charge is 0.318 e. The maximum atomic E-state index is 12.7. The Morgan fingerprint density at radius 1 is 0.615 bits per heavy atom. The maximum absolute atomic E-state index is 12.7. The van der Waals surface area contributed by atoms with E-state index in [2.05, 4.69) is 4.74 Å². The van der Waals surface area contributed by atoms with E-state index in [0.717, 1.165) is 24.0 Å². The third kappa shape index (κ3) is 4.93. The number of hydrogen-bond donors (Lipinski definition) is 0. The zero-order chi connectivity index (χ0) is 26.9. The van der Waals surface area contributed by atoms with Gasteiger partial charge >= 0.3 is 23.9 Å². The Bertz CT molecular complexity index is 1220. The predicted octanol–water partition coefficient (Wildman–Crippen LogP) is 4.42. The topological polar surface area (TPSA) is 96.0 Å². The van der Waals surface area contributed by atoms with Crippen molar-refractivity contribution in [2.24, 2.45) is 47.3 Å². The summed E-state index contributed by atoms with van der Waals surface area (Å²) in [4.78, 5) is 47.8. The Morgan fingerprint density at radius 3 is 1.44 bits per heavy atom. The second-order valence-corrected chi connectivity index (χ2v) is 10.9. The molecule has 7 heteroatoms. The zero-order valence-electron chi connectivity index (χ0n) is 21.4. The fourth-order valence-corrected chi connectivity index (χ4v) is 6.81. The standard InChI is InChI=1S/C23H22O4.C9H8O3/c24-22(26-14-16-7-3-1-4-8-16)20-18-11-12-19(13-18)21(20)23(25)27-15-17-9-5-2-6-10-17;10-8-6-4-1-2-5(3-4)7(6)9(11)12-8/h1-12,18-21H,13-15H2;1-2,4-7H,3H2/t18-,19?,20+,21-;4-,5-,6-,7+/m00/s1. The summed E-state index contributed by atoms with van der Waals surface area (Å²) < 4.78 is 15.6. The van der Waals surface area contributed by atoms with Crippen molar-refractivity contribution in [2.75, 3.05) is 0 Å². The first-order valence-corrected chi connectivity index (χ1v) is 13.5. The molecule has 4 aliphatic carbocycles. The van der Waals surface area contributed by atoms with E-state index in [9.17, 15) is 19.2 Å². The summed E-state index contributed by atoms with van der Waals surface area (Å²) >= 11 is 0. The van der Waals surface area contributed by atoms with Gasteiger partial charge in [0.15, 0.2) is 0 Å². The van der Waals surface area contributed by atoms with Crippen molar-refractivity contribution in [1.82, 2.24) is 0 Å². The van der Waals surface area contributed by atoms with E-state index in [1.54, 1.807) is 0 Å². The summed E-state index contributed by atoms with van der Waals surface area (Å²) in [6.07, 6.45) is 9.96. The van der Waals surface area contributed by atoms with Gasteiger partial charge in [0.05, 0.1) is 23.7 Å². The molecular formula is C32H30O7. The highest BCUT2D eigenvalue weighted by Gasteiger charge is 2.58. The van der Waals surface area contributed by atoms with E-state index in [1.807, 2.05) is 85.0 Å². The molecule has 2 aromatic carbocycles. The molecule has 8 atom stereocenters. The van der Waals surface area contributed by atoms with Gasteiger partial charge in [0.25, 0.3) is 0 Å². The summed E-state index contributed by atoms with van der Waals surface area (Å²) in [5, 5.41) is 0. The molecule has 0 radical (unpaired) electrons. The minimum atomic E-state index is -0.452. The van der Waals surface area contributed by atoms with Crippen molar-refractivity contribution in [1.29, 1.82) is 0 Å². The van der Waals surface area contributed by atoms with Crippen LogP contribution >= 0.6 is 0 Å². The summed E-state index contributed by atoms with van der Waals surface area (Å²) in [5.41, 5.74) is 1.88. The highest BCUT2D eigenvalue weighted by atomic mass is 16.6. The van der Waals surface area contributed by atoms with Crippen LogP contribution < -0.4 is 0 Å². The Morgan fingerprint density at radius 2 is 1.00 bits per heavy atom. The van der Waals surface area contributed by atoms with Gasteiger partial charge in [-0.05, 0) is 47.6 Å². The summed E-state index contributed by atoms with van der Waals surface area (Å²) in [5.74, 6) is -1.74. The fourth-order valence-electron chi connectivity index (χ4n) is 6.81. The number of rotatable bonds is 6. The minimum Gasteiger partial charge on any atom is -0.461 e. The maximum Gasteiger partial charge on any atom is 0.318 e. The van der Waals surface area contributed by atoms with Crippen LogP contribution in [0.15, 0.2) is 85.0 Å². The van der Waals surface area contributed by atoms with Gasteiger partial charge in [-0.3, -0.25) is 19.2 Å². The second kappa shape index (κ2) is 10.6. The molecule has 0 aromatic heterocycles.